The number of rotatable bonds is 4. The van der Waals surface area contributed by atoms with Crippen molar-refractivity contribution < 1.29 is 19.1 Å². The van der Waals surface area contributed by atoms with Crippen LogP contribution in [0.25, 0.3) is 10.9 Å². The number of carbonyl (C=O) groups is 2. The number of H-pyrrole nitrogens is 1. The second kappa shape index (κ2) is 6.19. The van der Waals surface area contributed by atoms with Crippen LogP contribution in [0.2, 0.25) is 0 Å². The highest BCUT2D eigenvalue weighted by molar-refractivity contribution is 6.45. The van der Waals surface area contributed by atoms with Crippen LogP contribution >= 0.6 is 0 Å². The largest absolute Gasteiger partial charge is 0.497 e. The van der Waals surface area contributed by atoms with Gasteiger partial charge in [0.2, 0.25) is 0 Å². The maximum absolute atomic E-state index is 12.4. The number of ether oxygens (including phenoxy) is 2. The maximum atomic E-state index is 12.4. The number of amides is 1. The first-order valence-corrected chi connectivity index (χ1v) is 7.27. The highest BCUT2D eigenvalue weighted by Gasteiger charge is 2.23. The first-order chi connectivity index (χ1) is 10.7. The summed E-state index contributed by atoms with van der Waals surface area (Å²) < 4.78 is 10.4. The third kappa shape index (κ3) is 2.82. The second-order valence-electron chi connectivity index (χ2n) is 5.30. The van der Waals surface area contributed by atoms with Crippen molar-refractivity contribution in [1.82, 2.24) is 10.3 Å². The first kappa shape index (κ1) is 14.6. The lowest BCUT2D eigenvalue weighted by molar-refractivity contribution is -0.118. The Balaban J connectivity index is 1.77. The van der Waals surface area contributed by atoms with Crippen molar-refractivity contribution in [3.05, 3.63) is 30.0 Å². The molecular weight excluding hydrogens is 284 g/mol. The van der Waals surface area contributed by atoms with Crippen LogP contribution in [0.3, 0.4) is 0 Å². The Labute approximate surface area is 127 Å². The summed E-state index contributed by atoms with van der Waals surface area (Å²) in [7, 11) is 1.58. The number of carbonyl (C=O) groups excluding carboxylic acids is 2. The molecule has 2 heterocycles. The molecule has 0 aliphatic carbocycles. The number of hydrogen-bond acceptors (Lipinski definition) is 4. The Morgan fingerprint density at radius 2 is 2.09 bits per heavy atom. The number of benzene rings is 1. The van der Waals surface area contributed by atoms with Gasteiger partial charge in [0.25, 0.3) is 11.7 Å². The van der Waals surface area contributed by atoms with Gasteiger partial charge in [0, 0.05) is 42.4 Å². The Morgan fingerprint density at radius 3 is 2.82 bits per heavy atom. The second-order valence-corrected chi connectivity index (χ2v) is 5.30. The van der Waals surface area contributed by atoms with Crippen LogP contribution < -0.4 is 10.1 Å². The molecule has 1 aromatic heterocycles. The zero-order chi connectivity index (χ0) is 15.5. The minimum atomic E-state index is -0.566. The van der Waals surface area contributed by atoms with Crippen LogP contribution in [0.1, 0.15) is 23.2 Å². The fourth-order valence-corrected chi connectivity index (χ4v) is 2.64. The van der Waals surface area contributed by atoms with Gasteiger partial charge >= 0.3 is 0 Å². The maximum Gasteiger partial charge on any atom is 0.292 e. The number of aromatic nitrogens is 1. The van der Waals surface area contributed by atoms with Crippen molar-refractivity contribution in [1.29, 1.82) is 0 Å². The van der Waals surface area contributed by atoms with Crippen molar-refractivity contribution >= 4 is 22.6 Å². The molecule has 1 aliphatic rings. The van der Waals surface area contributed by atoms with Crippen LogP contribution in [-0.2, 0) is 9.53 Å². The van der Waals surface area contributed by atoms with Gasteiger partial charge in [-0.15, -0.1) is 0 Å². The fourth-order valence-electron chi connectivity index (χ4n) is 2.64. The van der Waals surface area contributed by atoms with E-state index < -0.39 is 11.7 Å². The predicted molar refractivity (Wildman–Crippen MR) is 81.2 cm³/mol. The molecule has 6 nitrogen and oxygen atoms in total. The molecule has 1 saturated heterocycles. The average Bonchev–Trinajstić information content (AvgIpc) is 2.97. The molecule has 0 saturated carbocycles. The minimum Gasteiger partial charge on any atom is -0.497 e. The van der Waals surface area contributed by atoms with Gasteiger partial charge in [-0.2, -0.15) is 0 Å². The number of Topliss-reactive ketones (excluding diaryl/α,β-unsaturated/α-hetero) is 1. The number of methoxy groups -OCH3 is 1. The molecule has 1 aliphatic heterocycles. The molecule has 0 radical (unpaired) electrons. The predicted octanol–water partition coefficient (Wildman–Crippen LogP) is 1.65. The van der Waals surface area contributed by atoms with Gasteiger partial charge in [-0.1, -0.05) is 0 Å². The average molecular weight is 302 g/mol. The molecule has 0 atom stereocenters. The SMILES string of the molecule is COc1ccc2c(C(=O)C(=O)NC3CCOCC3)c[nH]c2c1. The Kier molecular flexibility index (Phi) is 4.11. The molecule has 1 amide bonds. The third-order valence-electron chi connectivity index (χ3n) is 3.90. The van der Waals surface area contributed by atoms with Crippen LogP contribution in [0.15, 0.2) is 24.4 Å². The van der Waals surface area contributed by atoms with Crippen LogP contribution in [0.4, 0.5) is 0 Å². The molecule has 1 fully saturated rings. The molecular formula is C16H18N2O4. The number of hydrogen-bond donors (Lipinski definition) is 2. The summed E-state index contributed by atoms with van der Waals surface area (Å²) in [5.74, 6) is -0.397. The van der Waals surface area contributed by atoms with Crippen LogP contribution in [-0.4, -0.2) is 43.0 Å². The highest BCUT2D eigenvalue weighted by Crippen LogP contribution is 2.23. The number of ketones is 1. The van der Waals surface area contributed by atoms with E-state index >= 15 is 0 Å². The molecule has 22 heavy (non-hydrogen) atoms. The topological polar surface area (TPSA) is 80.4 Å². The number of nitrogens with one attached hydrogen (secondary N) is 2. The van der Waals surface area contributed by atoms with Crippen LogP contribution in [0, 0.1) is 0 Å². The van der Waals surface area contributed by atoms with E-state index in [0.717, 1.165) is 18.4 Å². The standard InChI is InChI=1S/C16H18N2O4/c1-21-11-2-3-12-13(9-17-14(12)8-11)15(19)16(20)18-10-4-6-22-7-5-10/h2-3,8-10,17H,4-7H2,1H3,(H,18,20). The van der Waals surface area contributed by atoms with Crippen molar-refractivity contribution in [2.75, 3.05) is 20.3 Å². The van der Waals surface area contributed by atoms with Gasteiger partial charge in [-0.05, 0) is 25.0 Å². The monoisotopic (exact) mass is 302 g/mol. The van der Waals surface area contributed by atoms with Gasteiger partial charge in [0.05, 0.1) is 12.7 Å². The first-order valence-electron chi connectivity index (χ1n) is 7.27. The summed E-state index contributed by atoms with van der Waals surface area (Å²) in [6.07, 6.45) is 3.05. The van der Waals surface area contributed by atoms with Crippen molar-refractivity contribution in [3.63, 3.8) is 0 Å². The van der Waals surface area contributed by atoms with E-state index in [-0.39, 0.29) is 6.04 Å². The van der Waals surface area contributed by atoms with Crippen molar-refractivity contribution in [3.8, 4) is 5.75 Å². The van der Waals surface area contributed by atoms with Gasteiger partial charge in [-0.25, -0.2) is 0 Å². The van der Waals surface area contributed by atoms with Gasteiger partial charge in [-0.3, -0.25) is 9.59 Å². The molecule has 0 unspecified atom stereocenters. The van der Waals surface area contributed by atoms with Crippen molar-refractivity contribution in [2.24, 2.45) is 0 Å². The normalized spacial score (nSPS) is 15.7. The fraction of sp³-hybridized carbons (Fsp3) is 0.375. The van der Waals surface area contributed by atoms with E-state index in [1.54, 1.807) is 31.5 Å². The van der Waals surface area contributed by atoms with E-state index in [9.17, 15) is 9.59 Å². The van der Waals surface area contributed by atoms with Gasteiger partial charge in [0.1, 0.15) is 5.75 Å². The quantitative estimate of drug-likeness (QED) is 0.665. The molecule has 2 N–H and O–H groups in total. The summed E-state index contributed by atoms with van der Waals surface area (Å²) >= 11 is 0. The van der Waals surface area contributed by atoms with E-state index in [1.807, 2.05) is 0 Å². The van der Waals surface area contributed by atoms with E-state index in [1.165, 1.54) is 0 Å². The molecule has 0 spiro atoms. The lowest BCUT2D eigenvalue weighted by Gasteiger charge is -2.22. The molecule has 3 rings (SSSR count). The zero-order valence-electron chi connectivity index (χ0n) is 12.3. The van der Waals surface area contributed by atoms with E-state index in [4.69, 9.17) is 9.47 Å². The molecule has 2 aromatic rings. The van der Waals surface area contributed by atoms with Gasteiger partial charge < -0.3 is 19.8 Å². The molecule has 1 aromatic carbocycles. The smallest absolute Gasteiger partial charge is 0.292 e. The summed E-state index contributed by atoms with van der Waals surface area (Å²) in [6.45, 7) is 1.23. The lowest BCUT2D eigenvalue weighted by Crippen LogP contribution is -2.42. The Hall–Kier alpha value is -2.34. The summed E-state index contributed by atoms with van der Waals surface area (Å²) in [6, 6.07) is 5.35. The zero-order valence-corrected chi connectivity index (χ0v) is 12.3. The summed E-state index contributed by atoms with van der Waals surface area (Å²) in [4.78, 5) is 27.5. The molecule has 6 heteroatoms. The van der Waals surface area contributed by atoms with E-state index in [0.29, 0.717) is 29.9 Å². The third-order valence-corrected chi connectivity index (χ3v) is 3.90. The number of aromatic amines is 1. The Bertz CT molecular complexity index is 701. The lowest BCUT2D eigenvalue weighted by atomic mass is 10.1. The molecule has 0 bridgehead atoms. The number of fused-ring (bicyclic) bond motifs is 1. The molecule has 116 valence electrons. The Morgan fingerprint density at radius 1 is 1.32 bits per heavy atom. The van der Waals surface area contributed by atoms with Crippen molar-refractivity contribution in [2.45, 2.75) is 18.9 Å². The van der Waals surface area contributed by atoms with Gasteiger partial charge in [0.15, 0.2) is 0 Å². The van der Waals surface area contributed by atoms with Crippen LogP contribution in [0.5, 0.6) is 5.75 Å². The summed E-state index contributed by atoms with van der Waals surface area (Å²) in [5, 5.41) is 3.50. The highest BCUT2D eigenvalue weighted by atomic mass is 16.5. The minimum absolute atomic E-state index is 0.00972. The van der Waals surface area contributed by atoms with E-state index in [2.05, 4.69) is 10.3 Å². The summed E-state index contributed by atoms with van der Waals surface area (Å²) in [5.41, 5.74) is 1.14.